The Kier molecular flexibility index (Phi) is 3.87. The number of amides is 1. The van der Waals surface area contributed by atoms with Crippen molar-refractivity contribution in [1.29, 1.82) is 0 Å². The van der Waals surface area contributed by atoms with E-state index >= 15 is 0 Å². The molecule has 98 valence electrons. The van der Waals surface area contributed by atoms with Crippen LogP contribution < -0.4 is 10.6 Å². The van der Waals surface area contributed by atoms with Gasteiger partial charge in [0.2, 0.25) is 0 Å². The highest BCUT2D eigenvalue weighted by Gasteiger charge is 2.27. The van der Waals surface area contributed by atoms with Crippen LogP contribution in [0.25, 0.3) is 0 Å². The Morgan fingerprint density at radius 3 is 3.06 bits per heavy atom. The molecule has 2 rings (SSSR count). The van der Waals surface area contributed by atoms with Crippen molar-refractivity contribution in [3.05, 3.63) is 29.8 Å². The highest BCUT2D eigenvalue weighted by atomic mass is 16.3. The van der Waals surface area contributed by atoms with E-state index in [1.165, 1.54) is 6.07 Å². The average molecular weight is 248 g/mol. The van der Waals surface area contributed by atoms with Gasteiger partial charge < -0.3 is 15.7 Å². The quantitative estimate of drug-likeness (QED) is 0.760. The minimum atomic E-state index is -0.127. The summed E-state index contributed by atoms with van der Waals surface area (Å²) in [5.74, 6) is -0.00843. The maximum absolute atomic E-state index is 11.9. The zero-order valence-electron chi connectivity index (χ0n) is 10.7. The summed E-state index contributed by atoms with van der Waals surface area (Å²) < 4.78 is 0. The molecule has 18 heavy (non-hydrogen) atoms. The predicted molar refractivity (Wildman–Crippen MR) is 70.7 cm³/mol. The first-order chi connectivity index (χ1) is 8.59. The van der Waals surface area contributed by atoms with Gasteiger partial charge in [-0.25, -0.2) is 0 Å². The predicted octanol–water partition coefficient (Wildman–Crippen LogP) is 1.51. The summed E-state index contributed by atoms with van der Waals surface area (Å²) in [7, 11) is 0. The van der Waals surface area contributed by atoms with Gasteiger partial charge in [0.15, 0.2) is 0 Å². The molecule has 0 aliphatic carbocycles. The van der Waals surface area contributed by atoms with Gasteiger partial charge in [0, 0.05) is 18.7 Å². The number of piperidine rings is 1. The van der Waals surface area contributed by atoms with Gasteiger partial charge in [0.1, 0.15) is 5.75 Å². The van der Waals surface area contributed by atoms with Gasteiger partial charge >= 0.3 is 0 Å². The Morgan fingerprint density at radius 2 is 2.39 bits per heavy atom. The van der Waals surface area contributed by atoms with Gasteiger partial charge in [0.05, 0.1) is 0 Å². The smallest absolute Gasteiger partial charge is 0.251 e. The summed E-state index contributed by atoms with van der Waals surface area (Å²) >= 11 is 0. The summed E-state index contributed by atoms with van der Waals surface area (Å²) in [4.78, 5) is 11.9. The second kappa shape index (κ2) is 5.40. The fourth-order valence-corrected chi connectivity index (χ4v) is 2.31. The Hall–Kier alpha value is -1.55. The van der Waals surface area contributed by atoms with Crippen LogP contribution in [0.4, 0.5) is 0 Å². The van der Waals surface area contributed by atoms with E-state index in [0.29, 0.717) is 12.1 Å². The van der Waals surface area contributed by atoms with Gasteiger partial charge in [-0.2, -0.15) is 0 Å². The number of benzene rings is 1. The van der Waals surface area contributed by atoms with Crippen LogP contribution in [-0.4, -0.2) is 30.6 Å². The van der Waals surface area contributed by atoms with Crippen LogP contribution in [0.1, 0.15) is 30.1 Å². The van der Waals surface area contributed by atoms with Gasteiger partial charge in [-0.05, 0) is 43.0 Å². The normalized spacial score (nSPS) is 23.6. The van der Waals surface area contributed by atoms with Crippen LogP contribution >= 0.6 is 0 Å². The van der Waals surface area contributed by atoms with E-state index < -0.39 is 0 Å². The van der Waals surface area contributed by atoms with Crippen LogP contribution in [0.15, 0.2) is 24.3 Å². The molecule has 4 nitrogen and oxygen atoms in total. The highest BCUT2D eigenvalue weighted by molar-refractivity contribution is 5.94. The topological polar surface area (TPSA) is 61.4 Å². The van der Waals surface area contributed by atoms with Crippen molar-refractivity contribution >= 4 is 5.91 Å². The number of carbonyl (C=O) groups is 1. The van der Waals surface area contributed by atoms with Gasteiger partial charge in [0.25, 0.3) is 5.91 Å². The first-order valence-corrected chi connectivity index (χ1v) is 6.37. The third-order valence-corrected chi connectivity index (χ3v) is 3.47. The molecule has 1 aromatic carbocycles. The van der Waals surface area contributed by atoms with E-state index in [9.17, 15) is 9.90 Å². The lowest BCUT2D eigenvalue weighted by Gasteiger charge is -2.34. The molecule has 0 aromatic heterocycles. The number of hydrogen-bond donors (Lipinski definition) is 3. The second-order valence-electron chi connectivity index (χ2n) is 5.32. The van der Waals surface area contributed by atoms with Crippen LogP contribution in [-0.2, 0) is 0 Å². The maximum Gasteiger partial charge on any atom is 0.251 e. The number of aromatic hydroxyl groups is 1. The van der Waals surface area contributed by atoms with Crippen molar-refractivity contribution in [1.82, 2.24) is 10.6 Å². The van der Waals surface area contributed by atoms with Crippen LogP contribution in [0, 0.1) is 5.41 Å². The average Bonchev–Trinajstić information content (AvgIpc) is 2.37. The molecule has 0 bridgehead atoms. The summed E-state index contributed by atoms with van der Waals surface area (Å²) in [5.41, 5.74) is 0.632. The molecule has 1 heterocycles. The molecule has 1 fully saturated rings. The standard InChI is InChI=1S/C14H20N2O2/c1-14(6-3-7-15-9-14)10-16-13(18)11-4-2-5-12(17)8-11/h2,4-5,8,15,17H,3,6-7,9-10H2,1H3,(H,16,18). The third kappa shape index (κ3) is 3.23. The largest absolute Gasteiger partial charge is 0.508 e. The summed E-state index contributed by atoms with van der Waals surface area (Å²) in [6, 6.07) is 6.42. The van der Waals surface area contributed by atoms with Gasteiger partial charge in [-0.3, -0.25) is 4.79 Å². The number of nitrogens with one attached hydrogen (secondary N) is 2. The number of phenolic OH excluding ortho intramolecular Hbond substituents is 1. The zero-order valence-corrected chi connectivity index (χ0v) is 10.7. The first kappa shape index (κ1) is 12.9. The summed E-state index contributed by atoms with van der Waals surface area (Å²) in [6.07, 6.45) is 2.28. The molecule has 1 aliphatic rings. The van der Waals surface area contributed by atoms with E-state index in [0.717, 1.165) is 25.9 Å². The molecule has 1 aromatic rings. The Labute approximate surface area is 107 Å². The molecule has 0 saturated carbocycles. The molecule has 1 atom stereocenters. The zero-order chi connectivity index (χ0) is 13.0. The molecule has 1 saturated heterocycles. The third-order valence-electron chi connectivity index (χ3n) is 3.47. The molecule has 1 unspecified atom stereocenters. The molecule has 3 N–H and O–H groups in total. The van der Waals surface area contributed by atoms with E-state index in [1.54, 1.807) is 18.2 Å². The minimum Gasteiger partial charge on any atom is -0.508 e. The van der Waals surface area contributed by atoms with Crippen molar-refractivity contribution < 1.29 is 9.90 Å². The lowest BCUT2D eigenvalue weighted by Crippen LogP contribution is -2.45. The Morgan fingerprint density at radius 1 is 1.56 bits per heavy atom. The fraction of sp³-hybridized carbons (Fsp3) is 0.500. The van der Waals surface area contributed by atoms with E-state index in [4.69, 9.17) is 0 Å². The van der Waals surface area contributed by atoms with Crippen LogP contribution in [0.5, 0.6) is 5.75 Å². The number of hydrogen-bond acceptors (Lipinski definition) is 3. The van der Waals surface area contributed by atoms with Crippen molar-refractivity contribution in [2.45, 2.75) is 19.8 Å². The lowest BCUT2D eigenvalue weighted by atomic mass is 9.83. The van der Waals surface area contributed by atoms with Crippen molar-refractivity contribution in [2.75, 3.05) is 19.6 Å². The molecule has 1 aliphatic heterocycles. The van der Waals surface area contributed by atoms with Gasteiger partial charge in [-0.1, -0.05) is 13.0 Å². The lowest BCUT2D eigenvalue weighted by molar-refractivity contribution is 0.0924. The number of rotatable bonds is 3. The fourth-order valence-electron chi connectivity index (χ4n) is 2.31. The molecule has 1 amide bonds. The van der Waals surface area contributed by atoms with Crippen molar-refractivity contribution in [2.24, 2.45) is 5.41 Å². The molecule has 4 heteroatoms. The molecule has 0 spiro atoms. The number of phenols is 1. The van der Waals surface area contributed by atoms with Crippen LogP contribution in [0.3, 0.4) is 0 Å². The second-order valence-corrected chi connectivity index (χ2v) is 5.32. The minimum absolute atomic E-state index is 0.119. The first-order valence-electron chi connectivity index (χ1n) is 6.37. The molecular formula is C14H20N2O2. The van der Waals surface area contributed by atoms with Gasteiger partial charge in [-0.15, -0.1) is 0 Å². The van der Waals surface area contributed by atoms with Crippen molar-refractivity contribution in [3.8, 4) is 5.75 Å². The van der Waals surface area contributed by atoms with Crippen molar-refractivity contribution in [3.63, 3.8) is 0 Å². The van der Waals surface area contributed by atoms with E-state index in [2.05, 4.69) is 17.6 Å². The number of carbonyl (C=O) groups excluding carboxylic acids is 1. The maximum atomic E-state index is 11.9. The summed E-state index contributed by atoms with van der Waals surface area (Å²) in [5, 5.41) is 15.6. The monoisotopic (exact) mass is 248 g/mol. The Balaban J connectivity index is 1.92. The highest BCUT2D eigenvalue weighted by Crippen LogP contribution is 2.24. The Bertz CT molecular complexity index is 426. The molecular weight excluding hydrogens is 228 g/mol. The molecule has 0 radical (unpaired) electrons. The summed E-state index contributed by atoms with van der Waals surface area (Å²) in [6.45, 7) is 4.85. The van der Waals surface area contributed by atoms with E-state index in [-0.39, 0.29) is 17.1 Å². The van der Waals surface area contributed by atoms with Crippen LogP contribution in [0.2, 0.25) is 0 Å². The van der Waals surface area contributed by atoms with E-state index in [1.807, 2.05) is 0 Å². The SMILES string of the molecule is CC1(CNC(=O)c2cccc(O)c2)CCCNC1.